The van der Waals surface area contributed by atoms with Crippen LogP contribution in [0.5, 0.6) is 0 Å². The Kier molecular flexibility index (Phi) is 6.17. The maximum atomic E-state index is 6.38. The van der Waals surface area contributed by atoms with E-state index in [0.29, 0.717) is 5.66 Å². The maximum Gasteiger partial charge on any atom is 0.295 e. The zero-order valence-electron chi connectivity index (χ0n) is 15.6. The van der Waals surface area contributed by atoms with Crippen LogP contribution in [0.2, 0.25) is 0 Å². The summed E-state index contributed by atoms with van der Waals surface area (Å²) in [6, 6.07) is 33.3. The van der Waals surface area contributed by atoms with Crippen LogP contribution in [0.25, 0.3) is 0 Å². The highest BCUT2D eigenvalue weighted by molar-refractivity contribution is 8.11. The zero-order chi connectivity index (χ0) is 18.5. The molecule has 1 aliphatic rings. The average Bonchev–Trinajstić information content (AvgIpc) is 3.17. The Bertz CT molecular complexity index is 803. The van der Waals surface area contributed by atoms with Gasteiger partial charge in [0.15, 0.2) is 0 Å². The summed E-state index contributed by atoms with van der Waals surface area (Å²) >= 11 is 0. The second kappa shape index (κ2) is 8.77. The lowest BCUT2D eigenvalue weighted by Crippen LogP contribution is -2.29. The SMILES string of the molecule is [B][B][P+]1(c2ccccc2)CCC[C@H]1CP(c1ccccc1)c1ccccc1. The fourth-order valence-corrected chi connectivity index (χ4v) is 12.1. The van der Waals surface area contributed by atoms with Crippen LogP contribution in [0.3, 0.4) is 0 Å². The second-order valence-corrected chi connectivity index (χ2v) is 13.3. The first-order chi connectivity index (χ1) is 13.3. The van der Waals surface area contributed by atoms with Gasteiger partial charge in [0.05, 0.1) is 18.7 Å². The van der Waals surface area contributed by atoms with Gasteiger partial charge in [-0.3, -0.25) is 0 Å². The summed E-state index contributed by atoms with van der Waals surface area (Å²) < 4.78 is 0. The van der Waals surface area contributed by atoms with Gasteiger partial charge < -0.3 is 0 Å². The van der Waals surface area contributed by atoms with Crippen molar-refractivity contribution in [1.82, 2.24) is 0 Å². The van der Waals surface area contributed by atoms with Crippen LogP contribution in [0.15, 0.2) is 91.0 Å². The molecular weight excluding hydrogens is 360 g/mol. The molecule has 0 spiro atoms. The highest BCUT2D eigenvalue weighted by Crippen LogP contribution is 2.67. The number of rotatable bonds is 6. The fourth-order valence-electron chi connectivity index (χ4n) is 4.35. The van der Waals surface area contributed by atoms with Crippen molar-refractivity contribution in [3.8, 4) is 0 Å². The van der Waals surface area contributed by atoms with Gasteiger partial charge in [-0.25, -0.2) is 0 Å². The van der Waals surface area contributed by atoms with E-state index in [1.165, 1.54) is 41.1 Å². The molecule has 3 aromatic carbocycles. The summed E-state index contributed by atoms with van der Waals surface area (Å²) in [6.07, 6.45) is 5.10. The van der Waals surface area contributed by atoms with Gasteiger partial charge in [-0.15, -0.1) is 0 Å². The third-order valence-electron chi connectivity index (χ3n) is 5.75. The molecule has 0 amide bonds. The van der Waals surface area contributed by atoms with E-state index >= 15 is 0 Å². The van der Waals surface area contributed by atoms with Gasteiger partial charge >= 0.3 is 0 Å². The molecule has 4 rings (SSSR count). The fraction of sp³-hybridized carbons (Fsp3) is 0.217. The van der Waals surface area contributed by atoms with Crippen molar-refractivity contribution in [3.63, 3.8) is 0 Å². The molecule has 1 aliphatic heterocycles. The van der Waals surface area contributed by atoms with Crippen molar-refractivity contribution < 1.29 is 0 Å². The molecule has 3 radical (unpaired) electrons. The van der Waals surface area contributed by atoms with Gasteiger partial charge in [0.1, 0.15) is 0 Å². The van der Waals surface area contributed by atoms with Gasteiger partial charge in [-0.05, 0) is 50.6 Å². The predicted molar refractivity (Wildman–Crippen MR) is 126 cm³/mol. The molecule has 131 valence electrons. The van der Waals surface area contributed by atoms with E-state index in [1.54, 1.807) is 0 Å². The summed E-state index contributed by atoms with van der Waals surface area (Å²) in [5, 5.41) is 4.45. The topological polar surface area (TPSA) is 0 Å². The van der Waals surface area contributed by atoms with Crippen molar-refractivity contribution >= 4 is 45.6 Å². The maximum absolute atomic E-state index is 6.38. The Labute approximate surface area is 167 Å². The van der Waals surface area contributed by atoms with E-state index in [2.05, 4.69) is 97.9 Å². The number of benzene rings is 3. The lowest BCUT2D eigenvalue weighted by molar-refractivity contribution is 0.841. The minimum Gasteiger partial charge on any atom is -0.0622 e. The Morgan fingerprint density at radius 2 is 1.33 bits per heavy atom. The smallest absolute Gasteiger partial charge is 0.0622 e. The second-order valence-electron chi connectivity index (χ2n) is 7.22. The molecule has 1 heterocycles. The number of hydrogen-bond donors (Lipinski definition) is 0. The van der Waals surface area contributed by atoms with Crippen LogP contribution in [0, 0.1) is 0 Å². The van der Waals surface area contributed by atoms with E-state index in [-0.39, 0.29) is 7.92 Å². The van der Waals surface area contributed by atoms with Crippen molar-refractivity contribution in [2.75, 3.05) is 12.3 Å². The monoisotopic (exact) mass is 384 g/mol. The molecule has 0 nitrogen and oxygen atoms in total. The zero-order valence-corrected chi connectivity index (χ0v) is 17.4. The largest absolute Gasteiger partial charge is 0.295 e. The molecule has 3 aromatic rings. The van der Waals surface area contributed by atoms with Crippen molar-refractivity contribution in [2.24, 2.45) is 0 Å². The van der Waals surface area contributed by atoms with Crippen LogP contribution < -0.4 is 15.9 Å². The lowest BCUT2D eigenvalue weighted by atomic mass is 9.79. The van der Waals surface area contributed by atoms with E-state index in [9.17, 15) is 0 Å². The van der Waals surface area contributed by atoms with Crippen molar-refractivity contribution in [3.05, 3.63) is 91.0 Å². The first-order valence-corrected chi connectivity index (χ1v) is 13.3. The standard InChI is InChI=1S/C23H24B2P2/c24-25-27(22-15-8-3-9-16-22)18-10-17-23(27)19-26(20-11-4-1-5-12-20)21-13-6-2-7-14-21/h1-9,11-16,23H,10,17-19H2/q+1/t23-,27?/m0/s1. The Balaban J connectivity index is 1.70. The summed E-state index contributed by atoms with van der Waals surface area (Å²) in [5.74, 6) is 0. The highest BCUT2D eigenvalue weighted by Gasteiger charge is 2.50. The molecule has 0 aliphatic carbocycles. The van der Waals surface area contributed by atoms with Crippen LogP contribution in [0.1, 0.15) is 12.8 Å². The molecule has 27 heavy (non-hydrogen) atoms. The van der Waals surface area contributed by atoms with Crippen molar-refractivity contribution in [1.29, 1.82) is 0 Å². The molecule has 0 N–H and O–H groups in total. The Morgan fingerprint density at radius 3 is 1.85 bits per heavy atom. The highest BCUT2D eigenvalue weighted by atomic mass is 31.2. The number of hydrogen-bond acceptors (Lipinski definition) is 0. The van der Waals surface area contributed by atoms with E-state index in [4.69, 9.17) is 7.74 Å². The van der Waals surface area contributed by atoms with E-state index < -0.39 is 7.14 Å². The molecule has 0 aromatic heterocycles. The average molecular weight is 384 g/mol. The summed E-state index contributed by atoms with van der Waals surface area (Å²) in [4.78, 5) is 0. The normalized spacial score (nSPS) is 22.0. The molecule has 4 heteroatoms. The molecule has 1 fully saturated rings. The van der Waals surface area contributed by atoms with Crippen LogP contribution in [-0.2, 0) is 0 Å². The summed E-state index contributed by atoms with van der Waals surface area (Å²) in [5.41, 5.74) is 0.691. The minimum absolute atomic E-state index is 0.364. The first kappa shape index (κ1) is 19.0. The van der Waals surface area contributed by atoms with Crippen LogP contribution >= 0.6 is 15.1 Å². The van der Waals surface area contributed by atoms with Crippen LogP contribution in [0.4, 0.5) is 0 Å². The van der Waals surface area contributed by atoms with Crippen molar-refractivity contribution in [2.45, 2.75) is 18.5 Å². The van der Waals surface area contributed by atoms with Gasteiger partial charge in [0.2, 0.25) is 0 Å². The minimum atomic E-state index is -1.42. The summed E-state index contributed by atoms with van der Waals surface area (Å²) in [7, 11) is 4.60. The molecule has 1 saturated heterocycles. The molecule has 1 unspecified atom stereocenters. The van der Waals surface area contributed by atoms with E-state index in [0.717, 1.165) is 0 Å². The van der Waals surface area contributed by atoms with Gasteiger partial charge in [0, 0.05) is 12.3 Å². The van der Waals surface area contributed by atoms with E-state index in [1.807, 2.05) is 0 Å². The lowest BCUT2D eigenvalue weighted by Gasteiger charge is -2.32. The Hall–Kier alpha value is -1.35. The predicted octanol–water partition coefficient (Wildman–Crippen LogP) is 4.33. The molecular formula is C23H24B2P2+. The van der Waals surface area contributed by atoms with Gasteiger partial charge in [-0.1, -0.05) is 78.9 Å². The van der Waals surface area contributed by atoms with Crippen LogP contribution in [-0.4, -0.2) is 32.6 Å². The third kappa shape index (κ3) is 3.94. The quantitative estimate of drug-likeness (QED) is 0.439. The summed E-state index contributed by atoms with van der Waals surface area (Å²) in [6.45, 7) is 2.11. The molecule has 0 bridgehead atoms. The van der Waals surface area contributed by atoms with Gasteiger partial charge in [0.25, 0.3) is 6.89 Å². The first-order valence-electron chi connectivity index (χ1n) is 9.70. The molecule has 0 saturated carbocycles. The van der Waals surface area contributed by atoms with Gasteiger partial charge in [-0.2, -0.15) is 0 Å². The Morgan fingerprint density at radius 1 is 0.815 bits per heavy atom. The molecule has 2 atom stereocenters. The third-order valence-corrected chi connectivity index (χ3v) is 13.3.